The SMILES string of the molecule is CC1CCc2nc(NC(=O)CN3C(=O)c4ccccc4C3=O)sc2C1. The number of imide groups is 1. The van der Waals surface area contributed by atoms with Crippen molar-refractivity contribution in [2.24, 2.45) is 5.92 Å². The van der Waals surface area contributed by atoms with Crippen LogP contribution in [0.1, 0.15) is 44.6 Å². The molecule has 128 valence electrons. The Balaban J connectivity index is 1.45. The van der Waals surface area contributed by atoms with Crippen LogP contribution in [-0.2, 0) is 17.6 Å². The maximum absolute atomic E-state index is 12.3. The van der Waals surface area contributed by atoms with Crippen molar-refractivity contribution in [3.05, 3.63) is 46.0 Å². The van der Waals surface area contributed by atoms with Crippen LogP contribution >= 0.6 is 11.3 Å². The average molecular weight is 355 g/mol. The van der Waals surface area contributed by atoms with Gasteiger partial charge in [-0.3, -0.25) is 19.3 Å². The summed E-state index contributed by atoms with van der Waals surface area (Å²) >= 11 is 1.48. The second kappa shape index (κ2) is 6.07. The summed E-state index contributed by atoms with van der Waals surface area (Å²) in [6.07, 6.45) is 3.03. The summed E-state index contributed by atoms with van der Waals surface area (Å²) in [5.41, 5.74) is 1.75. The van der Waals surface area contributed by atoms with Gasteiger partial charge in [-0.15, -0.1) is 11.3 Å². The van der Waals surface area contributed by atoms with E-state index >= 15 is 0 Å². The minimum atomic E-state index is -0.428. The lowest BCUT2D eigenvalue weighted by molar-refractivity contribution is -0.116. The van der Waals surface area contributed by atoms with Gasteiger partial charge in [0.25, 0.3) is 11.8 Å². The van der Waals surface area contributed by atoms with Crippen LogP contribution < -0.4 is 5.32 Å². The van der Waals surface area contributed by atoms with Gasteiger partial charge in [0.15, 0.2) is 5.13 Å². The molecule has 0 bridgehead atoms. The highest BCUT2D eigenvalue weighted by Gasteiger charge is 2.36. The molecule has 0 saturated heterocycles. The van der Waals surface area contributed by atoms with E-state index in [1.54, 1.807) is 24.3 Å². The summed E-state index contributed by atoms with van der Waals surface area (Å²) in [6.45, 7) is 1.91. The van der Waals surface area contributed by atoms with Crippen LogP contribution in [0.25, 0.3) is 0 Å². The van der Waals surface area contributed by atoms with Crippen molar-refractivity contribution in [1.29, 1.82) is 0 Å². The standard InChI is InChI=1S/C18H17N3O3S/c1-10-6-7-13-14(8-10)25-18(19-13)20-15(22)9-21-16(23)11-4-2-3-5-12(11)17(21)24/h2-5,10H,6-9H2,1H3,(H,19,20,22). The Kier molecular flexibility index (Phi) is 3.88. The van der Waals surface area contributed by atoms with E-state index in [-0.39, 0.29) is 6.54 Å². The van der Waals surface area contributed by atoms with Crippen molar-refractivity contribution < 1.29 is 14.4 Å². The molecule has 2 heterocycles. The first-order valence-corrected chi connectivity index (χ1v) is 9.08. The lowest BCUT2D eigenvalue weighted by Gasteiger charge is -2.15. The van der Waals surface area contributed by atoms with Gasteiger partial charge in [0, 0.05) is 4.88 Å². The van der Waals surface area contributed by atoms with Gasteiger partial charge in [0.1, 0.15) is 6.54 Å². The molecule has 25 heavy (non-hydrogen) atoms. The Morgan fingerprint density at radius 3 is 2.64 bits per heavy atom. The fraction of sp³-hybridized carbons (Fsp3) is 0.333. The molecule has 2 aromatic rings. The zero-order chi connectivity index (χ0) is 17.6. The number of anilines is 1. The number of fused-ring (bicyclic) bond motifs is 2. The highest BCUT2D eigenvalue weighted by atomic mass is 32.1. The molecule has 1 aromatic carbocycles. The highest BCUT2D eigenvalue weighted by Crippen LogP contribution is 2.32. The molecule has 1 N–H and O–H groups in total. The number of aromatic nitrogens is 1. The Bertz CT molecular complexity index is 854. The fourth-order valence-corrected chi connectivity index (χ4v) is 4.47. The lowest BCUT2D eigenvalue weighted by Crippen LogP contribution is -2.37. The molecule has 2 aliphatic rings. The largest absolute Gasteiger partial charge is 0.300 e. The van der Waals surface area contributed by atoms with Gasteiger partial charge in [-0.1, -0.05) is 19.1 Å². The number of aryl methyl sites for hydroxylation is 1. The first-order valence-electron chi connectivity index (χ1n) is 8.26. The number of hydrogen-bond donors (Lipinski definition) is 1. The molecular weight excluding hydrogens is 338 g/mol. The van der Waals surface area contributed by atoms with E-state index in [1.807, 2.05) is 0 Å². The third kappa shape index (κ3) is 2.84. The number of nitrogens with zero attached hydrogens (tertiary/aromatic N) is 2. The summed E-state index contributed by atoms with van der Waals surface area (Å²) in [7, 11) is 0. The Morgan fingerprint density at radius 1 is 1.28 bits per heavy atom. The number of rotatable bonds is 3. The van der Waals surface area contributed by atoms with E-state index < -0.39 is 17.7 Å². The topological polar surface area (TPSA) is 79.4 Å². The second-order valence-corrected chi connectivity index (χ2v) is 7.61. The maximum atomic E-state index is 12.3. The van der Waals surface area contributed by atoms with Crippen LogP contribution in [0.2, 0.25) is 0 Å². The van der Waals surface area contributed by atoms with E-state index in [4.69, 9.17) is 0 Å². The number of carbonyl (C=O) groups is 3. The van der Waals surface area contributed by atoms with Gasteiger partial charge in [0.2, 0.25) is 5.91 Å². The molecule has 1 unspecified atom stereocenters. The molecule has 1 atom stereocenters. The summed E-state index contributed by atoms with van der Waals surface area (Å²) in [4.78, 5) is 43.6. The number of hydrogen-bond acceptors (Lipinski definition) is 5. The summed E-state index contributed by atoms with van der Waals surface area (Å²) in [6, 6.07) is 6.61. The summed E-state index contributed by atoms with van der Waals surface area (Å²) in [5.74, 6) is -0.630. The molecule has 0 spiro atoms. The number of carbonyl (C=O) groups excluding carboxylic acids is 3. The minimum Gasteiger partial charge on any atom is -0.300 e. The first kappa shape index (κ1) is 16.0. The van der Waals surface area contributed by atoms with E-state index in [9.17, 15) is 14.4 Å². The van der Waals surface area contributed by atoms with Gasteiger partial charge in [0.05, 0.1) is 16.8 Å². The van der Waals surface area contributed by atoms with E-state index in [0.717, 1.165) is 29.9 Å². The lowest BCUT2D eigenvalue weighted by atomic mass is 9.93. The predicted octanol–water partition coefficient (Wildman–Crippen LogP) is 2.50. The number of amides is 3. The smallest absolute Gasteiger partial charge is 0.262 e. The van der Waals surface area contributed by atoms with Crippen molar-refractivity contribution in [2.75, 3.05) is 11.9 Å². The van der Waals surface area contributed by atoms with Crippen LogP contribution in [0.15, 0.2) is 24.3 Å². The minimum absolute atomic E-state index is 0.299. The van der Waals surface area contributed by atoms with Crippen LogP contribution in [0.4, 0.5) is 5.13 Å². The fourth-order valence-electron chi connectivity index (χ4n) is 3.28. The Hall–Kier alpha value is -2.54. The molecule has 0 saturated carbocycles. The predicted molar refractivity (Wildman–Crippen MR) is 93.7 cm³/mol. The third-order valence-corrected chi connectivity index (χ3v) is 5.65. The van der Waals surface area contributed by atoms with Crippen LogP contribution in [-0.4, -0.2) is 34.2 Å². The van der Waals surface area contributed by atoms with Crippen molar-refractivity contribution in [2.45, 2.75) is 26.2 Å². The molecule has 7 heteroatoms. The highest BCUT2D eigenvalue weighted by molar-refractivity contribution is 7.15. The van der Waals surface area contributed by atoms with Gasteiger partial charge in [-0.2, -0.15) is 0 Å². The van der Waals surface area contributed by atoms with E-state index in [2.05, 4.69) is 17.2 Å². The van der Waals surface area contributed by atoms with Gasteiger partial charge >= 0.3 is 0 Å². The molecule has 1 aliphatic heterocycles. The third-order valence-electron chi connectivity index (χ3n) is 4.61. The summed E-state index contributed by atoms with van der Waals surface area (Å²) in [5, 5.41) is 3.27. The molecule has 0 fully saturated rings. The number of nitrogens with one attached hydrogen (secondary N) is 1. The number of benzene rings is 1. The molecule has 4 rings (SSSR count). The molecule has 3 amide bonds. The maximum Gasteiger partial charge on any atom is 0.262 e. The zero-order valence-electron chi connectivity index (χ0n) is 13.7. The first-order chi connectivity index (χ1) is 12.0. The van der Waals surface area contributed by atoms with Gasteiger partial charge in [-0.05, 0) is 37.3 Å². The molecule has 0 radical (unpaired) electrons. The average Bonchev–Trinajstić information content (AvgIpc) is 3.09. The van der Waals surface area contributed by atoms with Gasteiger partial charge < -0.3 is 5.32 Å². The van der Waals surface area contributed by atoms with Crippen LogP contribution in [0.5, 0.6) is 0 Å². The Morgan fingerprint density at radius 2 is 1.96 bits per heavy atom. The van der Waals surface area contributed by atoms with Crippen molar-refractivity contribution in [1.82, 2.24) is 9.88 Å². The quantitative estimate of drug-likeness (QED) is 0.858. The molecular formula is C18H17N3O3S. The van der Waals surface area contributed by atoms with Crippen molar-refractivity contribution in [3.63, 3.8) is 0 Å². The van der Waals surface area contributed by atoms with E-state index in [0.29, 0.717) is 22.2 Å². The van der Waals surface area contributed by atoms with E-state index in [1.165, 1.54) is 16.2 Å². The number of thiazole rings is 1. The van der Waals surface area contributed by atoms with Gasteiger partial charge in [-0.25, -0.2) is 4.98 Å². The van der Waals surface area contributed by atoms with Crippen LogP contribution in [0.3, 0.4) is 0 Å². The molecule has 6 nitrogen and oxygen atoms in total. The summed E-state index contributed by atoms with van der Waals surface area (Å²) < 4.78 is 0. The Labute approximate surface area is 148 Å². The van der Waals surface area contributed by atoms with Crippen molar-refractivity contribution in [3.8, 4) is 0 Å². The van der Waals surface area contributed by atoms with Crippen molar-refractivity contribution >= 4 is 34.2 Å². The molecule has 1 aliphatic carbocycles. The second-order valence-electron chi connectivity index (χ2n) is 6.53. The molecule has 1 aromatic heterocycles. The zero-order valence-corrected chi connectivity index (χ0v) is 14.6. The normalized spacial score (nSPS) is 18.9. The monoisotopic (exact) mass is 355 g/mol. The van der Waals surface area contributed by atoms with Crippen LogP contribution in [0, 0.1) is 5.92 Å².